The van der Waals surface area contributed by atoms with Crippen molar-refractivity contribution in [3.8, 4) is 22.9 Å². The number of anilines is 2. The van der Waals surface area contributed by atoms with E-state index >= 15 is 0 Å². The predicted molar refractivity (Wildman–Crippen MR) is 132 cm³/mol. The summed E-state index contributed by atoms with van der Waals surface area (Å²) in [5.41, 5.74) is 3.28. The van der Waals surface area contributed by atoms with E-state index in [2.05, 4.69) is 15.6 Å². The van der Waals surface area contributed by atoms with Gasteiger partial charge in [-0.2, -0.15) is 4.98 Å². The molecule has 2 aromatic heterocycles. The van der Waals surface area contributed by atoms with Crippen LogP contribution in [-0.2, 0) is 4.79 Å². The van der Waals surface area contributed by atoms with Gasteiger partial charge in [0.25, 0.3) is 5.91 Å². The van der Waals surface area contributed by atoms with Gasteiger partial charge in [-0.3, -0.25) is 9.78 Å². The molecule has 35 heavy (non-hydrogen) atoms. The predicted octanol–water partition coefficient (Wildman–Crippen LogP) is 4.28. The third-order valence-corrected chi connectivity index (χ3v) is 5.80. The zero-order valence-electron chi connectivity index (χ0n) is 19.5. The summed E-state index contributed by atoms with van der Waals surface area (Å²) in [6.45, 7) is 1.85. The number of fused-ring (bicyclic) bond motifs is 1. The summed E-state index contributed by atoms with van der Waals surface area (Å²) in [5.74, 6) is 1.95. The lowest BCUT2D eigenvalue weighted by Gasteiger charge is -2.28. The number of benzene rings is 2. The zero-order chi connectivity index (χ0) is 24.4. The average Bonchev–Trinajstić information content (AvgIpc) is 3.32. The summed E-state index contributed by atoms with van der Waals surface area (Å²) in [6, 6.07) is 18.0. The van der Waals surface area contributed by atoms with E-state index in [0.29, 0.717) is 40.2 Å². The molecule has 9 heteroatoms. The van der Waals surface area contributed by atoms with E-state index in [1.165, 1.54) is 0 Å². The molecule has 0 aliphatic carbocycles. The molecule has 1 atom stereocenters. The molecular formula is C26H24N6O3. The molecule has 0 spiro atoms. The zero-order valence-corrected chi connectivity index (χ0v) is 19.5. The molecule has 5 rings (SSSR count). The Hall–Kier alpha value is -4.66. The quantitative estimate of drug-likeness (QED) is 0.435. The lowest BCUT2D eigenvalue weighted by Crippen LogP contribution is -2.31. The van der Waals surface area contributed by atoms with Crippen molar-refractivity contribution in [3.63, 3.8) is 0 Å². The van der Waals surface area contributed by atoms with E-state index in [1.807, 2.05) is 55.5 Å². The van der Waals surface area contributed by atoms with Crippen LogP contribution >= 0.6 is 0 Å². The Kier molecular flexibility index (Phi) is 5.88. The second kappa shape index (κ2) is 9.30. The van der Waals surface area contributed by atoms with Crippen LogP contribution in [0.15, 0.2) is 84.3 Å². The highest BCUT2D eigenvalue weighted by Gasteiger charge is 2.35. The highest BCUT2D eigenvalue weighted by atomic mass is 16.5. The third kappa shape index (κ3) is 4.08. The maximum absolute atomic E-state index is 13.7. The molecule has 176 valence electrons. The first-order chi connectivity index (χ1) is 17.1. The van der Waals surface area contributed by atoms with Crippen LogP contribution in [0.25, 0.3) is 11.4 Å². The average molecular weight is 469 g/mol. The van der Waals surface area contributed by atoms with Crippen molar-refractivity contribution in [1.82, 2.24) is 19.7 Å². The second-order valence-electron chi connectivity index (χ2n) is 7.91. The van der Waals surface area contributed by atoms with Crippen molar-refractivity contribution in [1.29, 1.82) is 0 Å². The van der Waals surface area contributed by atoms with Crippen LogP contribution in [0.2, 0.25) is 0 Å². The summed E-state index contributed by atoms with van der Waals surface area (Å²) in [6.07, 6.45) is 3.42. The molecule has 1 aliphatic heterocycles. The summed E-state index contributed by atoms with van der Waals surface area (Å²) in [5, 5.41) is 11.0. The van der Waals surface area contributed by atoms with Crippen LogP contribution < -0.4 is 20.1 Å². The van der Waals surface area contributed by atoms with E-state index in [1.54, 1.807) is 43.4 Å². The molecule has 2 aromatic carbocycles. The maximum Gasteiger partial charge on any atom is 0.255 e. The summed E-state index contributed by atoms with van der Waals surface area (Å²) in [4.78, 5) is 22.6. The van der Waals surface area contributed by atoms with Gasteiger partial charge in [0.05, 0.1) is 31.0 Å². The highest BCUT2D eigenvalue weighted by Crippen LogP contribution is 2.38. The molecule has 0 radical (unpaired) electrons. The van der Waals surface area contributed by atoms with Crippen molar-refractivity contribution in [2.24, 2.45) is 0 Å². The van der Waals surface area contributed by atoms with Crippen LogP contribution in [0.5, 0.6) is 11.5 Å². The van der Waals surface area contributed by atoms with Gasteiger partial charge < -0.3 is 20.1 Å². The van der Waals surface area contributed by atoms with Gasteiger partial charge in [-0.25, -0.2) is 4.68 Å². The van der Waals surface area contributed by atoms with E-state index in [4.69, 9.17) is 19.6 Å². The smallest absolute Gasteiger partial charge is 0.255 e. The number of methoxy groups -OCH3 is 2. The number of allylic oxidation sites excluding steroid dienone is 1. The van der Waals surface area contributed by atoms with E-state index in [0.717, 1.165) is 11.1 Å². The number of nitrogens with one attached hydrogen (secondary N) is 2. The standard InChI is InChI=1S/C26H24N6O3/c1-16-22(25(33)29-19-11-5-7-13-21(19)35-3)23(17-9-8-14-27-15-17)32-26(28-16)30-24(31-32)18-10-4-6-12-20(18)34-2/h4-15,23H,1-3H3,(H,29,33)(H,28,30,31)/t23-/m1/s1. The molecule has 0 fully saturated rings. The Morgan fingerprint density at radius 1 is 1.00 bits per heavy atom. The first-order valence-electron chi connectivity index (χ1n) is 11.0. The van der Waals surface area contributed by atoms with E-state index in [9.17, 15) is 4.79 Å². The fraction of sp³-hybridized carbons (Fsp3) is 0.154. The Morgan fingerprint density at radius 3 is 2.49 bits per heavy atom. The van der Waals surface area contributed by atoms with Crippen LogP contribution in [-0.4, -0.2) is 39.9 Å². The molecular weight excluding hydrogens is 444 g/mol. The fourth-order valence-electron chi connectivity index (χ4n) is 4.17. The Morgan fingerprint density at radius 2 is 1.74 bits per heavy atom. The lowest BCUT2D eigenvalue weighted by molar-refractivity contribution is -0.113. The largest absolute Gasteiger partial charge is 0.496 e. The van der Waals surface area contributed by atoms with Gasteiger partial charge in [-0.05, 0) is 42.8 Å². The number of hydrogen-bond donors (Lipinski definition) is 2. The molecule has 0 saturated carbocycles. The SMILES string of the molecule is COc1ccccc1NC(=O)C1=C(C)Nc2nc(-c3ccccc3OC)nn2[C@@H]1c1cccnc1. The lowest BCUT2D eigenvalue weighted by atomic mass is 9.96. The third-order valence-electron chi connectivity index (χ3n) is 5.80. The van der Waals surface area contributed by atoms with Gasteiger partial charge in [0.1, 0.15) is 17.5 Å². The summed E-state index contributed by atoms with van der Waals surface area (Å²) < 4.78 is 12.6. The number of aromatic nitrogens is 4. The van der Waals surface area contributed by atoms with Crippen LogP contribution in [0.4, 0.5) is 11.6 Å². The number of rotatable bonds is 6. The minimum atomic E-state index is -0.550. The Labute approximate surface area is 202 Å². The number of carbonyl (C=O) groups excluding carboxylic acids is 1. The molecule has 0 bridgehead atoms. The Bertz CT molecular complexity index is 1410. The van der Waals surface area contributed by atoms with Crippen molar-refractivity contribution in [3.05, 3.63) is 89.9 Å². The van der Waals surface area contributed by atoms with Gasteiger partial charge >= 0.3 is 0 Å². The van der Waals surface area contributed by atoms with Crippen molar-refractivity contribution < 1.29 is 14.3 Å². The number of carbonyl (C=O) groups is 1. The van der Waals surface area contributed by atoms with Crippen molar-refractivity contribution in [2.75, 3.05) is 24.9 Å². The van der Waals surface area contributed by atoms with E-state index < -0.39 is 6.04 Å². The maximum atomic E-state index is 13.7. The number of nitrogens with zero attached hydrogens (tertiary/aromatic N) is 4. The molecule has 1 aliphatic rings. The number of ether oxygens (including phenoxy) is 2. The van der Waals surface area contributed by atoms with Gasteiger partial charge in [0.15, 0.2) is 5.82 Å². The molecule has 9 nitrogen and oxygen atoms in total. The van der Waals surface area contributed by atoms with Gasteiger partial charge in [-0.15, -0.1) is 5.10 Å². The van der Waals surface area contributed by atoms with Crippen LogP contribution in [0.3, 0.4) is 0 Å². The first-order valence-corrected chi connectivity index (χ1v) is 11.0. The van der Waals surface area contributed by atoms with Gasteiger partial charge in [0.2, 0.25) is 5.95 Å². The molecule has 2 N–H and O–H groups in total. The van der Waals surface area contributed by atoms with Crippen LogP contribution in [0.1, 0.15) is 18.5 Å². The molecule has 3 heterocycles. The molecule has 0 unspecified atom stereocenters. The minimum absolute atomic E-state index is 0.284. The fourth-order valence-corrected chi connectivity index (χ4v) is 4.17. The summed E-state index contributed by atoms with van der Waals surface area (Å²) in [7, 11) is 3.18. The highest BCUT2D eigenvalue weighted by molar-refractivity contribution is 6.06. The topological polar surface area (TPSA) is 103 Å². The number of amides is 1. The van der Waals surface area contributed by atoms with Crippen molar-refractivity contribution in [2.45, 2.75) is 13.0 Å². The monoisotopic (exact) mass is 468 g/mol. The molecule has 4 aromatic rings. The summed E-state index contributed by atoms with van der Waals surface area (Å²) >= 11 is 0. The van der Waals surface area contributed by atoms with Gasteiger partial charge in [-0.1, -0.05) is 30.3 Å². The van der Waals surface area contributed by atoms with E-state index in [-0.39, 0.29) is 5.91 Å². The minimum Gasteiger partial charge on any atom is -0.496 e. The number of pyridine rings is 1. The Balaban J connectivity index is 1.60. The number of hydrogen-bond acceptors (Lipinski definition) is 7. The molecule has 0 saturated heterocycles. The molecule has 1 amide bonds. The van der Waals surface area contributed by atoms with Crippen LogP contribution in [0, 0.1) is 0 Å². The second-order valence-corrected chi connectivity index (χ2v) is 7.91. The first kappa shape index (κ1) is 22.1. The van der Waals surface area contributed by atoms with Gasteiger partial charge in [0, 0.05) is 18.1 Å². The normalized spacial score (nSPS) is 14.7. The number of para-hydroxylation sites is 3. The van der Waals surface area contributed by atoms with Crippen molar-refractivity contribution >= 4 is 17.5 Å².